The first-order valence-electron chi connectivity index (χ1n) is 7.73. The number of hydrogen-bond acceptors (Lipinski definition) is 6. The molecule has 0 aliphatic carbocycles. The van der Waals surface area contributed by atoms with Crippen LogP contribution in [0.1, 0.15) is 24.5 Å². The number of pyridine rings is 2. The van der Waals surface area contributed by atoms with E-state index >= 15 is 0 Å². The summed E-state index contributed by atoms with van der Waals surface area (Å²) in [6.45, 7) is 2.27. The van der Waals surface area contributed by atoms with Gasteiger partial charge in [0.2, 0.25) is 5.88 Å². The average molecular weight is 337 g/mol. The second-order valence-electron chi connectivity index (χ2n) is 5.89. The lowest BCUT2D eigenvalue weighted by Crippen LogP contribution is -2.41. The Morgan fingerprint density at radius 1 is 1.43 bits per heavy atom. The fourth-order valence-electron chi connectivity index (χ4n) is 2.95. The zero-order valence-electron chi connectivity index (χ0n) is 13.1. The Hall–Kier alpha value is -1.47. The smallest absolute Gasteiger partial charge is 0.213 e. The summed E-state index contributed by atoms with van der Waals surface area (Å²) < 4.78 is 5.17. The van der Waals surface area contributed by atoms with Crippen LogP contribution in [-0.2, 0) is 0 Å². The molecule has 3 rings (SSSR count). The summed E-state index contributed by atoms with van der Waals surface area (Å²) in [6, 6.07) is 3.82. The molecule has 0 bridgehead atoms. The third-order valence-corrected chi connectivity index (χ3v) is 4.58. The number of likely N-dealkylation sites (tertiary alicyclic amines) is 1. The molecule has 1 saturated heterocycles. The van der Waals surface area contributed by atoms with Crippen molar-refractivity contribution in [1.29, 1.82) is 0 Å². The van der Waals surface area contributed by atoms with Crippen LogP contribution < -0.4 is 10.5 Å². The van der Waals surface area contributed by atoms with Crippen molar-refractivity contribution in [1.82, 2.24) is 14.9 Å². The molecule has 2 aromatic rings. The molecule has 0 unspecified atom stereocenters. The normalized spacial score (nSPS) is 18.3. The number of halogens is 1. The van der Waals surface area contributed by atoms with Crippen LogP contribution in [0.25, 0.3) is 11.0 Å². The predicted molar refractivity (Wildman–Crippen MR) is 89.7 cm³/mol. The van der Waals surface area contributed by atoms with E-state index in [1.54, 1.807) is 19.4 Å². The molecule has 0 aromatic carbocycles. The molecule has 1 atom stereocenters. The lowest BCUT2D eigenvalue weighted by molar-refractivity contribution is 0.0985. The minimum absolute atomic E-state index is 0.264. The SMILES string of the molecule is COc1ccc2ncc(Cl)c([C@H](O)CN3CCC(N)CC3)c2n1. The van der Waals surface area contributed by atoms with E-state index in [0.29, 0.717) is 34.0 Å². The maximum absolute atomic E-state index is 10.7. The minimum atomic E-state index is -0.734. The second-order valence-corrected chi connectivity index (χ2v) is 6.30. The second kappa shape index (κ2) is 6.97. The molecule has 7 heteroatoms. The third kappa shape index (κ3) is 3.55. The molecule has 0 radical (unpaired) electrons. The van der Waals surface area contributed by atoms with E-state index in [2.05, 4.69) is 14.9 Å². The summed E-state index contributed by atoms with van der Waals surface area (Å²) >= 11 is 6.29. The van der Waals surface area contributed by atoms with Crippen molar-refractivity contribution in [3.05, 3.63) is 28.9 Å². The van der Waals surface area contributed by atoms with Crippen LogP contribution in [0.5, 0.6) is 5.88 Å². The molecule has 6 nitrogen and oxygen atoms in total. The molecule has 0 amide bonds. The Morgan fingerprint density at radius 3 is 2.87 bits per heavy atom. The Balaban J connectivity index is 1.89. The van der Waals surface area contributed by atoms with Gasteiger partial charge in [-0.3, -0.25) is 4.98 Å². The van der Waals surface area contributed by atoms with Crippen molar-refractivity contribution >= 4 is 22.6 Å². The lowest BCUT2D eigenvalue weighted by Gasteiger charge is -2.31. The number of hydrogen-bond donors (Lipinski definition) is 2. The van der Waals surface area contributed by atoms with Gasteiger partial charge < -0.3 is 20.5 Å². The summed E-state index contributed by atoms with van der Waals surface area (Å²) in [4.78, 5) is 10.9. The highest BCUT2D eigenvalue weighted by atomic mass is 35.5. The Labute approximate surface area is 140 Å². The van der Waals surface area contributed by atoms with E-state index in [1.807, 2.05) is 6.07 Å². The van der Waals surface area contributed by atoms with Crippen LogP contribution in [0.3, 0.4) is 0 Å². The van der Waals surface area contributed by atoms with Crippen LogP contribution in [-0.4, -0.2) is 52.8 Å². The lowest BCUT2D eigenvalue weighted by atomic mass is 10.0. The summed E-state index contributed by atoms with van der Waals surface area (Å²) in [5.41, 5.74) is 7.80. The van der Waals surface area contributed by atoms with Gasteiger partial charge in [0.1, 0.15) is 5.52 Å². The molecule has 0 spiro atoms. The van der Waals surface area contributed by atoms with Gasteiger partial charge in [0.05, 0.1) is 23.8 Å². The number of fused-ring (bicyclic) bond motifs is 1. The van der Waals surface area contributed by atoms with E-state index in [4.69, 9.17) is 22.1 Å². The van der Waals surface area contributed by atoms with Gasteiger partial charge in [-0.1, -0.05) is 11.6 Å². The predicted octanol–water partition coefficient (Wildman–Crippen LogP) is 1.75. The number of nitrogens with two attached hydrogens (primary N) is 1. The van der Waals surface area contributed by atoms with Crippen LogP contribution in [0.15, 0.2) is 18.3 Å². The molecule has 2 aromatic heterocycles. The fraction of sp³-hybridized carbons (Fsp3) is 0.500. The topological polar surface area (TPSA) is 84.5 Å². The molecule has 1 fully saturated rings. The van der Waals surface area contributed by atoms with Crippen LogP contribution >= 0.6 is 11.6 Å². The van der Waals surface area contributed by atoms with E-state index < -0.39 is 6.10 Å². The van der Waals surface area contributed by atoms with Crippen molar-refractivity contribution in [3.63, 3.8) is 0 Å². The van der Waals surface area contributed by atoms with Crippen LogP contribution in [0.2, 0.25) is 5.02 Å². The number of aliphatic hydroxyl groups excluding tert-OH is 1. The number of aromatic nitrogens is 2. The molecule has 1 aliphatic rings. The van der Waals surface area contributed by atoms with Crippen molar-refractivity contribution in [2.45, 2.75) is 25.0 Å². The molecule has 3 heterocycles. The number of methoxy groups -OCH3 is 1. The highest BCUT2D eigenvalue weighted by Gasteiger charge is 2.23. The Kier molecular flexibility index (Phi) is 4.96. The first kappa shape index (κ1) is 16.4. The quantitative estimate of drug-likeness (QED) is 0.884. The Morgan fingerprint density at radius 2 is 2.17 bits per heavy atom. The van der Waals surface area contributed by atoms with Gasteiger partial charge in [0.15, 0.2) is 0 Å². The van der Waals surface area contributed by atoms with Crippen LogP contribution in [0.4, 0.5) is 0 Å². The summed E-state index contributed by atoms with van der Waals surface area (Å²) in [5.74, 6) is 0.471. The maximum Gasteiger partial charge on any atom is 0.213 e. The number of piperidine rings is 1. The number of nitrogens with zero attached hydrogens (tertiary/aromatic N) is 3. The highest BCUT2D eigenvalue weighted by molar-refractivity contribution is 6.32. The minimum Gasteiger partial charge on any atom is -0.481 e. The van der Waals surface area contributed by atoms with Gasteiger partial charge in [0, 0.05) is 30.4 Å². The Bertz CT molecular complexity index is 689. The third-order valence-electron chi connectivity index (χ3n) is 4.28. The maximum atomic E-state index is 10.7. The zero-order valence-corrected chi connectivity index (χ0v) is 13.8. The monoisotopic (exact) mass is 336 g/mol. The number of β-amino-alcohol motifs (C(OH)–C–C–N with tert-alkyl or cyclic N) is 1. The van der Waals surface area contributed by atoms with Gasteiger partial charge in [-0.2, -0.15) is 0 Å². The van der Waals surface area contributed by atoms with Crippen molar-refractivity contribution in [2.24, 2.45) is 5.73 Å². The van der Waals surface area contributed by atoms with E-state index in [9.17, 15) is 5.11 Å². The van der Waals surface area contributed by atoms with Crippen molar-refractivity contribution < 1.29 is 9.84 Å². The molecule has 23 heavy (non-hydrogen) atoms. The van der Waals surface area contributed by atoms with E-state index in [0.717, 1.165) is 25.9 Å². The summed E-state index contributed by atoms with van der Waals surface area (Å²) in [7, 11) is 1.55. The molecular formula is C16H21ClN4O2. The van der Waals surface area contributed by atoms with Gasteiger partial charge in [-0.25, -0.2) is 4.98 Å². The molecule has 0 saturated carbocycles. The number of aliphatic hydroxyl groups is 1. The largest absolute Gasteiger partial charge is 0.481 e. The zero-order chi connectivity index (χ0) is 16.4. The molecule has 124 valence electrons. The van der Waals surface area contributed by atoms with Gasteiger partial charge in [0.25, 0.3) is 0 Å². The van der Waals surface area contributed by atoms with Crippen molar-refractivity contribution in [2.75, 3.05) is 26.7 Å². The first-order valence-corrected chi connectivity index (χ1v) is 8.11. The van der Waals surface area contributed by atoms with Gasteiger partial charge >= 0.3 is 0 Å². The van der Waals surface area contributed by atoms with E-state index in [1.165, 1.54) is 0 Å². The molecule has 1 aliphatic heterocycles. The standard InChI is InChI=1S/C16H21ClN4O2/c1-23-14-3-2-12-16(20-14)15(11(17)8-19-12)13(22)9-21-6-4-10(18)5-7-21/h2-3,8,10,13,22H,4-7,9,18H2,1H3/t13-/m1/s1. The van der Waals surface area contributed by atoms with E-state index in [-0.39, 0.29) is 6.04 Å². The summed E-state index contributed by atoms with van der Waals surface area (Å²) in [5, 5.41) is 11.1. The van der Waals surface area contributed by atoms with Crippen LogP contribution in [0, 0.1) is 0 Å². The average Bonchev–Trinajstić information content (AvgIpc) is 2.56. The highest BCUT2D eigenvalue weighted by Crippen LogP contribution is 2.30. The number of rotatable bonds is 4. The van der Waals surface area contributed by atoms with Crippen molar-refractivity contribution in [3.8, 4) is 5.88 Å². The van der Waals surface area contributed by atoms with Gasteiger partial charge in [-0.15, -0.1) is 0 Å². The fourth-order valence-corrected chi connectivity index (χ4v) is 3.21. The first-order chi connectivity index (χ1) is 11.1. The molecule has 3 N–H and O–H groups in total. The molecular weight excluding hydrogens is 316 g/mol. The number of ether oxygens (including phenoxy) is 1. The summed E-state index contributed by atoms with van der Waals surface area (Å²) in [6.07, 6.45) is 2.72. The van der Waals surface area contributed by atoms with Gasteiger partial charge in [-0.05, 0) is 32.0 Å².